The van der Waals surface area contributed by atoms with E-state index in [-0.39, 0.29) is 5.91 Å². The van der Waals surface area contributed by atoms with Crippen LogP contribution in [0.1, 0.15) is 12.1 Å². The highest BCUT2D eigenvalue weighted by Gasteiger charge is 2.20. The first-order valence-electron chi connectivity index (χ1n) is 8.57. The van der Waals surface area contributed by atoms with Gasteiger partial charge in [-0.05, 0) is 18.6 Å². The Balaban J connectivity index is 1.45. The lowest BCUT2D eigenvalue weighted by atomic mass is 10.1. The van der Waals surface area contributed by atoms with Gasteiger partial charge in [0, 0.05) is 54.6 Å². The Kier molecular flexibility index (Phi) is 4.09. The third-order valence-corrected chi connectivity index (χ3v) is 4.86. The zero-order valence-corrected chi connectivity index (χ0v) is 13.9. The number of carbonyl (C=O) groups excluding carboxylic acids is 2. The Labute approximate surface area is 145 Å². The fourth-order valence-corrected chi connectivity index (χ4v) is 3.40. The number of carbonyl (C=O) groups is 2. The molecule has 128 valence electrons. The van der Waals surface area contributed by atoms with Gasteiger partial charge in [0.15, 0.2) is 0 Å². The maximum Gasteiger partial charge on any atom is 0.223 e. The number of hydrogen-bond donors (Lipinski definition) is 1. The Hall–Kier alpha value is -2.89. The van der Waals surface area contributed by atoms with E-state index < -0.39 is 0 Å². The van der Waals surface area contributed by atoms with Gasteiger partial charge in [0.25, 0.3) is 0 Å². The molecule has 0 radical (unpaired) electrons. The van der Waals surface area contributed by atoms with Crippen molar-refractivity contribution in [2.45, 2.75) is 12.8 Å². The number of aryl methyl sites for hydroxylation is 1. The van der Waals surface area contributed by atoms with Crippen molar-refractivity contribution in [1.29, 1.82) is 0 Å². The second kappa shape index (κ2) is 6.55. The molecule has 3 heterocycles. The molecule has 1 aliphatic heterocycles. The number of para-hydroxylation sites is 1. The van der Waals surface area contributed by atoms with Crippen LogP contribution in [0, 0.1) is 0 Å². The zero-order chi connectivity index (χ0) is 17.2. The summed E-state index contributed by atoms with van der Waals surface area (Å²) in [4.78, 5) is 34.5. The molecule has 0 saturated carbocycles. The van der Waals surface area contributed by atoms with Crippen LogP contribution in [0.4, 0.5) is 0 Å². The first kappa shape index (κ1) is 15.6. The van der Waals surface area contributed by atoms with Gasteiger partial charge >= 0.3 is 0 Å². The van der Waals surface area contributed by atoms with Crippen molar-refractivity contribution in [3.8, 4) is 0 Å². The molecule has 1 fully saturated rings. The minimum absolute atomic E-state index is 0.131. The molecule has 1 N–H and O–H groups in total. The topological polar surface area (TPSA) is 69.3 Å². The number of H-pyrrole nitrogens is 1. The fourth-order valence-electron chi connectivity index (χ4n) is 3.40. The largest absolute Gasteiger partial charge is 0.353 e. The number of aromatic amines is 1. The summed E-state index contributed by atoms with van der Waals surface area (Å²) in [5, 5.41) is 2.32. The Bertz CT molecular complexity index is 925. The molecule has 1 aliphatic rings. The number of nitrogens with one attached hydrogen (secondary N) is 1. The molecule has 0 aliphatic carbocycles. The molecular weight excluding hydrogens is 316 g/mol. The maximum absolute atomic E-state index is 12.4. The van der Waals surface area contributed by atoms with Gasteiger partial charge in [-0.2, -0.15) is 0 Å². The average molecular weight is 336 g/mol. The van der Waals surface area contributed by atoms with Gasteiger partial charge in [-0.3, -0.25) is 14.6 Å². The minimum Gasteiger partial charge on any atom is -0.353 e. The van der Waals surface area contributed by atoms with Crippen molar-refractivity contribution >= 4 is 34.1 Å². The third kappa shape index (κ3) is 3.07. The number of rotatable bonds is 4. The molecule has 0 atom stereocenters. The molecule has 0 spiro atoms. The van der Waals surface area contributed by atoms with Crippen LogP contribution in [0.15, 0.2) is 36.5 Å². The molecule has 6 heteroatoms. The summed E-state index contributed by atoms with van der Waals surface area (Å²) in [7, 11) is 0. The quantitative estimate of drug-likeness (QED) is 0.741. The SMILES string of the molecule is O=CN1CCN(C(=O)CCc2cc3c(cn2)[nH]c2ccccc23)CC1. The number of fused-ring (bicyclic) bond motifs is 3. The van der Waals surface area contributed by atoms with Crippen molar-refractivity contribution < 1.29 is 9.59 Å². The number of nitrogens with zero attached hydrogens (tertiary/aromatic N) is 3. The minimum atomic E-state index is 0.131. The van der Waals surface area contributed by atoms with Crippen molar-refractivity contribution in [2.75, 3.05) is 26.2 Å². The predicted molar refractivity (Wildman–Crippen MR) is 96.1 cm³/mol. The standard InChI is InChI=1S/C19H20N4O2/c24-13-22-7-9-23(10-8-22)19(25)6-5-14-11-16-15-3-1-2-4-17(15)21-18(16)12-20-14/h1-4,11-13,21H,5-10H2. The predicted octanol–water partition coefficient (Wildman–Crippen LogP) is 1.95. The van der Waals surface area contributed by atoms with Crippen LogP contribution >= 0.6 is 0 Å². The van der Waals surface area contributed by atoms with E-state index in [1.54, 1.807) is 4.90 Å². The van der Waals surface area contributed by atoms with Gasteiger partial charge in [-0.1, -0.05) is 18.2 Å². The van der Waals surface area contributed by atoms with Gasteiger partial charge < -0.3 is 14.8 Å². The van der Waals surface area contributed by atoms with Crippen LogP contribution in [0.2, 0.25) is 0 Å². The third-order valence-electron chi connectivity index (χ3n) is 4.86. The molecule has 0 unspecified atom stereocenters. The molecular formula is C19H20N4O2. The monoisotopic (exact) mass is 336 g/mol. The first-order valence-corrected chi connectivity index (χ1v) is 8.57. The van der Waals surface area contributed by atoms with Crippen molar-refractivity contribution in [3.63, 3.8) is 0 Å². The van der Waals surface area contributed by atoms with Gasteiger partial charge in [0.1, 0.15) is 0 Å². The number of benzene rings is 1. The average Bonchev–Trinajstić information content (AvgIpc) is 3.04. The number of aromatic nitrogens is 2. The number of piperazine rings is 1. The molecule has 0 bridgehead atoms. The zero-order valence-electron chi connectivity index (χ0n) is 13.9. The van der Waals surface area contributed by atoms with E-state index in [1.807, 2.05) is 23.2 Å². The molecule has 2 aromatic heterocycles. The van der Waals surface area contributed by atoms with Crippen LogP contribution in [0.5, 0.6) is 0 Å². The van der Waals surface area contributed by atoms with E-state index in [2.05, 4.69) is 28.2 Å². The van der Waals surface area contributed by atoms with Crippen LogP contribution in [-0.2, 0) is 16.0 Å². The van der Waals surface area contributed by atoms with Gasteiger partial charge in [0.05, 0.1) is 11.7 Å². The lowest BCUT2D eigenvalue weighted by Crippen LogP contribution is -2.48. The molecule has 1 aromatic carbocycles. The molecule has 4 rings (SSSR count). The second-order valence-electron chi connectivity index (χ2n) is 6.41. The van der Waals surface area contributed by atoms with Gasteiger partial charge in [0.2, 0.25) is 12.3 Å². The van der Waals surface area contributed by atoms with E-state index >= 15 is 0 Å². The second-order valence-corrected chi connectivity index (χ2v) is 6.41. The van der Waals surface area contributed by atoms with E-state index in [0.717, 1.165) is 28.5 Å². The van der Waals surface area contributed by atoms with Crippen LogP contribution < -0.4 is 0 Å². The lowest BCUT2D eigenvalue weighted by Gasteiger charge is -2.32. The van der Waals surface area contributed by atoms with Crippen LogP contribution in [-0.4, -0.2) is 58.3 Å². The highest BCUT2D eigenvalue weighted by atomic mass is 16.2. The van der Waals surface area contributed by atoms with E-state index in [9.17, 15) is 9.59 Å². The van der Waals surface area contributed by atoms with E-state index in [4.69, 9.17) is 0 Å². The highest BCUT2D eigenvalue weighted by Crippen LogP contribution is 2.25. The first-order chi connectivity index (χ1) is 12.2. The smallest absolute Gasteiger partial charge is 0.223 e. The Morgan fingerprint density at radius 2 is 1.92 bits per heavy atom. The van der Waals surface area contributed by atoms with Crippen LogP contribution in [0.3, 0.4) is 0 Å². The summed E-state index contributed by atoms with van der Waals surface area (Å²) in [5.74, 6) is 0.131. The van der Waals surface area contributed by atoms with Crippen molar-refractivity contribution in [3.05, 3.63) is 42.2 Å². The summed E-state index contributed by atoms with van der Waals surface area (Å²) in [5.41, 5.74) is 3.04. The van der Waals surface area contributed by atoms with Crippen molar-refractivity contribution in [2.24, 2.45) is 0 Å². The molecule has 6 nitrogen and oxygen atoms in total. The van der Waals surface area contributed by atoms with Crippen LogP contribution in [0.25, 0.3) is 21.8 Å². The van der Waals surface area contributed by atoms with Crippen molar-refractivity contribution in [1.82, 2.24) is 19.8 Å². The molecule has 25 heavy (non-hydrogen) atoms. The maximum atomic E-state index is 12.4. The Morgan fingerprint density at radius 1 is 1.12 bits per heavy atom. The van der Waals surface area contributed by atoms with E-state index in [0.29, 0.717) is 39.0 Å². The fraction of sp³-hybridized carbons (Fsp3) is 0.316. The number of pyridine rings is 1. The molecule has 1 saturated heterocycles. The summed E-state index contributed by atoms with van der Waals surface area (Å²) in [6.45, 7) is 2.47. The molecule has 2 amide bonds. The summed E-state index contributed by atoms with van der Waals surface area (Å²) in [6, 6.07) is 10.3. The van der Waals surface area contributed by atoms with Gasteiger partial charge in [-0.15, -0.1) is 0 Å². The number of amides is 2. The lowest BCUT2D eigenvalue weighted by molar-refractivity contribution is -0.135. The summed E-state index contributed by atoms with van der Waals surface area (Å²) < 4.78 is 0. The summed E-state index contributed by atoms with van der Waals surface area (Å²) in [6.07, 6.45) is 3.77. The number of hydrogen-bond acceptors (Lipinski definition) is 3. The Morgan fingerprint density at radius 3 is 2.72 bits per heavy atom. The highest BCUT2D eigenvalue weighted by molar-refractivity contribution is 6.06. The molecule has 3 aromatic rings. The normalized spacial score (nSPS) is 15.0. The van der Waals surface area contributed by atoms with Gasteiger partial charge in [-0.25, -0.2) is 0 Å². The van der Waals surface area contributed by atoms with E-state index in [1.165, 1.54) is 5.39 Å². The summed E-state index contributed by atoms with van der Waals surface area (Å²) >= 11 is 0.